The number of H-pyrrole nitrogens is 1. The first-order valence-electron chi connectivity index (χ1n) is 5.85. The molecule has 0 aliphatic carbocycles. The van der Waals surface area contributed by atoms with Gasteiger partial charge in [0.25, 0.3) is 0 Å². The summed E-state index contributed by atoms with van der Waals surface area (Å²) in [6.07, 6.45) is 2.27. The van der Waals surface area contributed by atoms with Crippen molar-refractivity contribution < 1.29 is 14.7 Å². The molecule has 2 rings (SSSR count). The highest BCUT2D eigenvalue weighted by Gasteiger charge is 2.21. The largest absolute Gasteiger partial charge is 0.481 e. The fourth-order valence-electron chi connectivity index (χ4n) is 2.16. The minimum absolute atomic E-state index is 0.0782. The molecule has 0 bridgehead atoms. The number of Topliss-reactive ketones (excluding diaryl/α,β-unsaturated/α-hetero) is 1. The van der Waals surface area contributed by atoms with E-state index < -0.39 is 11.9 Å². The number of nitrogens with one attached hydrogen (secondary N) is 1. The fourth-order valence-corrected chi connectivity index (χ4v) is 2.16. The number of fused-ring (bicyclic) bond motifs is 1. The number of rotatable bonds is 5. The molecule has 0 fully saturated rings. The molecular formula is C14H15NO3. The van der Waals surface area contributed by atoms with Crippen molar-refractivity contribution in [2.75, 3.05) is 0 Å². The number of carboxylic acids is 1. The van der Waals surface area contributed by atoms with E-state index in [1.165, 1.54) is 6.92 Å². The van der Waals surface area contributed by atoms with Gasteiger partial charge in [0.05, 0.1) is 5.92 Å². The molecule has 1 aromatic carbocycles. The van der Waals surface area contributed by atoms with Crippen molar-refractivity contribution in [1.82, 2.24) is 4.98 Å². The second-order valence-corrected chi connectivity index (χ2v) is 4.50. The Kier molecular flexibility index (Phi) is 3.46. The van der Waals surface area contributed by atoms with Gasteiger partial charge in [0, 0.05) is 23.5 Å². The highest BCUT2D eigenvalue weighted by atomic mass is 16.4. The first kappa shape index (κ1) is 12.4. The van der Waals surface area contributed by atoms with Crippen LogP contribution in [0.1, 0.15) is 18.9 Å². The monoisotopic (exact) mass is 245 g/mol. The average molecular weight is 245 g/mol. The standard InChI is InChI=1S/C14H15NO3/c1-9(16)6-10(14(17)18)7-11-8-15-13-5-3-2-4-12(11)13/h2-5,8,10,15H,6-7H2,1H3,(H,17,18). The predicted octanol–water partition coefficient (Wildman–Crippen LogP) is 2.39. The minimum atomic E-state index is -0.921. The number of ketones is 1. The first-order chi connectivity index (χ1) is 8.58. The van der Waals surface area contributed by atoms with Crippen LogP contribution in [0.4, 0.5) is 0 Å². The molecule has 18 heavy (non-hydrogen) atoms. The van der Waals surface area contributed by atoms with Crippen molar-refractivity contribution >= 4 is 22.7 Å². The van der Waals surface area contributed by atoms with Crippen LogP contribution in [0.15, 0.2) is 30.5 Å². The maximum atomic E-state index is 11.1. The van der Waals surface area contributed by atoms with Gasteiger partial charge in [-0.05, 0) is 25.0 Å². The highest BCUT2D eigenvalue weighted by molar-refractivity contribution is 5.85. The van der Waals surface area contributed by atoms with Gasteiger partial charge in [0.15, 0.2) is 0 Å². The summed E-state index contributed by atoms with van der Waals surface area (Å²) in [6, 6.07) is 7.74. The molecule has 1 atom stereocenters. The normalized spacial score (nSPS) is 12.5. The van der Waals surface area contributed by atoms with Crippen LogP contribution in [0.5, 0.6) is 0 Å². The number of hydrogen-bond acceptors (Lipinski definition) is 2. The third-order valence-electron chi connectivity index (χ3n) is 3.02. The Hall–Kier alpha value is -2.10. The van der Waals surface area contributed by atoms with E-state index in [0.717, 1.165) is 16.5 Å². The van der Waals surface area contributed by atoms with Crippen molar-refractivity contribution in [2.45, 2.75) is 19.8 Å². The van der Waals surface area contributed by atoms with E-state index in [0.29, 0.717) is 6.42 Å². The zero-order valence-corrected chi connectivity index (χ0v) is 10.1. The van der Waals surface area contributed by atoms with E-state index in [9.17, 15) is 9.59 Å². The third kappa shape index (κ3) is 2.59. The van der Waals surface area contributed by atoms with E-state index in [1.807, 2.05) is 30.5 Å². The summed E-state index contributed by atoms with van der Waals surface area (Å²) in [5, 5.41) is 10.2. The lowest BCUT2D eigenvalue weighted by Gasteiger charge is -2.09. The number of aromatic amines is 1. The third-order valence-corrected chi connectivity index (χ3v) is 3.02. The molecule has 94 valence electrons. The lowest BCUT2D eigenvalue weighted by Crippen LogP contribution is -2.19. The summed E-state index contributed by atoms with van der Waals surface area (Å²) < 4.78 is 0. The lowest BCUT2D eigenvalue weighted by atomic mass is 9.94. The van der Waals surface area contributed by atoms with Crippen LogP contribution in [0.3, 0.4) is 0 Å². The van der Waals surface area contributed by atoms with Crippen molar-refractivity contribution in [1.29, 1.82) is 0 Å². The van der Waals surface area contributed by atoms with Gasteiger partial charge in [-0.25, -0.2) is 0 Å². The summed E-state index contributed by atoms with van der Waals surface area (Å²) in [7, 11) is 0. The number of hydrogen-bond donors (Lipinski definition) is 2. The van der Waals surface area contributed by atoms with E-state index in [4.69, 9.17) is 5.11 Å². The van der Waals surface area contributed by atoms with Crippen molar-refractivity contribution in [3.8, 4) is 0 Å². The number of carbonyl (C=O) groups is 2. The topological polar surface area (TPSA) is 70.2 Å². The molecule has 0 aliphatic rings. The van der Waals surface area contributed by atoms with Gasteiger partial charge in [0.1, 0.15) is 5.78 Å². The minimum Gasteiger partial charge on any atom is -0.481 e. The SMILES string of the molecule is CC(=O)CC(Cc1c[nH]c2ccccc12)C(=O)O. The summed E-state index contributed by atoms with van der Waals surface area (Å²) in [6.45, 7) is 1.42. The summed E-state index contributed by atoms with van der Waals surface area (Å²) >= 11 is 0. The Balaban J connectivity index is 2.26. The molecule has 2 aromatic rings. The molecule has 0 saturated carbocycles. The van der Waals surface area contributed by atoms with Gasteiger partial charge < -0.3 is 14.9 Å². The smallest absolute Gasteiger partial charge is 0.307 e. The summed E-state index contributed by atoms with van der Waals surface area (Å²) in [5.74, 6) is -1.67. The number of carbonyl (C=O) groups excluding carboxylic acids is 1. The molecule has 1 heterocycles. The van der Waals surface area contributed by atoms with Crippen molar-refractivity contribution in [3.63, 3.8) is 0 Å². The zero-order chi connectivity index (χ0) is 13.1. The van der Waals surface area contributed by atoms with Crippen LogP contribution < -0.4 is 0 Å². The Morgan fingerprint density at radius 2 is 2.06 bits per heavy atom. The highest BCUT2D eigenvalue weighted by Crippen LogP contribution is 2.22. The second kappa shape index (κ2) is 5.04. The average Bonchev–Trinajstić information content (AvgIpc) is 2.71. The Labute approximate surface area is 105 Å². The van der Waals surface area contributed by atoms with Crippen molar-refractivity contribution in [2.24, 2.45) is 5.92 Å². The number of aliphatic carboxylic acids is 1. The predicted molar refractivity (Wildman–Crippen MR) is 68.4 cm³/mol. The quantitative estimate of drug-likeness (QED) is 0.849. The number of carboxylic acid groups (broad SMARTS) is 1. The van der Waals surface area contributed by atoms with Crippen LogP contribution in [0.2, 0.25) is 0 Å². The van der Waals surface area contributed by atoms with Gasteiger partial charge in [-0.2, -0.15) is 0 Å². The summed E-state index contributed by atoms with van der Waals surface area (Å²) in [4.78, 5) is 25.3. The first-order valence-corrected chi connectivity index (χ1v) is 5.85. The maximum absolute atomic E-state index is 11.1. The number of para-hydroxylation sites is 1. The van der Waals surface area contributed by atoms with Crippen LogP contribution in [0, 0.1) is 5.92 Å². The Morgan fingerprint density at radius 1 is 1.33 bits per heavy atom. The van der Waals surface area contributed by atoms with Gasteiger partial charge in [0.2, 0.25) is 0 Å². The molecule has 0 aliphatic heterocycles. The second-order valence-electron chi connectivity index (χ2n) is 4.50. The fraction of sp³-hybridized carbons (Fsp3) is 0.286. The molecule has 0 radical (unpaired) electrons. The Morgan fingerprint density at radius 3 is 2.72 bits per heavy atom. The summed E-state index contributed by atoms with van der Waals surface area (Å²) in [5.41, 5.74) is 1.93. The molecule has 4 heteroatoms. The number of benzene rings is 1. The molecule has 0 saturated heterocycles. The van der Waals surface area contributed by atoms with Crippen LogP contribution >= 0.6 is 0 Å². The van der Waals surface area contributed by atoms with Crippen LogP contribution in [-0.4, -0.2) is 21.8 Å². The molecule has 1 unspecified atom stereocenters. The molecule has 4 nitrogen and oxygen atoms in total. The van der Waals surface area contributed by atoms with Gasteiger partial charge in [-0.1, -0.05) is 18.2 Å². The number of aromatic nitrogens is 1. The Bertz CT molecular complexity index is 585. The molecule has 0 amide bonds. The molecular weight excluding hydrogens is 230 g/mol. The van der Waals surface area contributed by atoms with Crippen LogP contribution in [0.25, 0.3) is 10.9 Å². The van der Waals surface area contributed by atoms with Crippen LogP contribution in [-0.2, 0) is 16.0 Å². The van der Waals surface area contributed by atoms with E-state index >= 15 is 0 Å². The molecule has 1 aromatic heterocycles. The van der Waals surface area contributed by atoms with E-state index in [-0.39, 0.29) is 12.2 Å². The van der Waals surface area contributed by atoms with E-state index in [2.05, 4.69) is 4.98 Å². The lowest BCUT2D eigenvalue weighted by molar-refractivity contribution is -0.143. The van der Waals surface area contributed by atoms with Gasteiger partial charge in [-0.15, -0.1) is 0 Å². The van der Waals surface area contributed by atoms with Gasteiger partial charge >= 0.3 is 5.97 Å². The maximum Gasteiger partial charge on any atom is 0.307 e. The molecule has 0 spiro atoms. The zero-order valence-electron chi connectivity index (χ0n) is 10.1. The molecule has 2 N–H and O–H groups in total. The van der Waals surface area contributed by atoms with Gasteiger partial charge in [-0.3, -0.25) is 4.79 Å². The van der Waals surface area contributed by atoms with E-state index in [1.54, 1.807) is 0 Å². The van der Waals surface area contributed by atoms with Crippen molar-refractivity contribution in [3.05, 3.63) is 36.0 Å².